The molecule has 0 aliphatic heterocycles. The Labute approximate surface area is 146 Å². The van der Waals surface area contributed by atoms with Crippen molar-refractivity contribution in [1.29, 1.82) is 0 Å². The van der Waals surface area contributed by atoms with E-state index in [-0.39, 0.29) is 22.5 Å². The quantitative estimate of drug-likeness (QED) is 0.710. The van der Waals surface area contributed by atoms with Gasteiger partial charge in [-0.2, -0.15) is 0 Å². The first-order valence-corrected chi connectivity index (χ1v) is 7.52. The zero-order chi connectivity index (χ0) is 16.4. The molecule has 0 fully saturated rings. The van der Waals surface area contributed by atoms with Crippen LogP contribution in [0.1, 0.15) is 10.4 Å². The fourth-order valence-electron chi connectivity index (χ4n) is 1.85. The second kappa shape index (κ2) is 6.58. The van der Waals surface area contributed by atoms with Gasteiger partial charge in [-0.1, -0.05) is 46.0 Å². The first-order valence-electron chi connectivity index (χ1n) is 6.39. The fourth-order valence-corrected chi connectivity index (χ4v) is 2.41. The largest absolute Gasteiger partial charge is 0.403 e. The molecule has 0 radical (unpaired) electrons. The van der Waals surface area contributed by atoms with E-state index in [0.29, 0.717) is 15.6 Å². The van der Waals surface area contributed by atoms with Gasteiger partial charge < -0.3 is 4.42 Å². The molecule has 3 rings (SSSR count). The molecule has 3 aromatic rings. The highest BCUT2D eigenvalue weighted by Crippen LogP contribution is 2.24. The summed E-state index contributed by atoms with van der Waals surface area (Å²) in [6, 6.07) is 11.4. The average molecular weight is 369 g/mol. The standard InChI is InChI=1S/C15H8Cl3N3O2/c16-9-3-1-2-8(6-9)14-20-21-15(23-14)19-13(22)11-7-10(17)4-5-12(11)18/h1-7H,(H,19,21,22). The third-order valence-corrected chi connectivity index (χ3v) is 3.69. The predicted molar refractivity (Wildman–Crippen MR) is 89.2 cm³/mol. The number of carbonyl (C=O) groups is 1. The summed E-state index contributed by atoms with van der Waals surface area (Å²) in [7, 11) is 0. The van der Waals surface area contributed by atoms with Crippen LogP contribution in [0.3, 0.4) is 0 Å². The molecule has 0 spiro atoms. The molecule has 0 saturated heterocycles. The number of aromatic nitrogens is 2. The zero-order valence-corrected chi connectivity index (χ0v) is 13.7. The Hall–Kier alpha value is -2.08. The van der Waals surface area contributed by atoms with Gasteiger partial charge in [0.1, 0.15) is 0 Å². The summed E-state index contributed by atoms with van der Waals surface area (Å²) in [6.07, 6.45) is 0. The summed E-state index contributed by atoms with van der Waals surface area (Å²) in [5, 5.41) is 11.3. The van der Waals surface area contributed by atoms with Crippen molar-refractivity contribution in [3.05, 3.63) is 63.1 Å². The molecule has 0 aliphatic carbocycles. The SMILES string of the molecule is O=C(Nc1nnc(-c2cccc(Cl)c2)o1)c1cc(Cl)ccc1Cl. The van der Waals surface area contributed by atoms with E-state index in [1.165, 1.54) is 12.1 Å². The highest BCUT2D eigenvalue weighted by molar-refractivity contribution is 6.36. The van der Waals surface area contributed by atoms with Crippen molar-refractivity contribution in [3.8, 4) is 11.5 Å². The highest BCUT2D eigenvalue weighted by Gasteiger charge is 2.15. The molecule has 0 aliphatic rings. The van der Waals surface area contributed by atoms with Crippen LogP contribution in [0.5, 0.6) is 0 Å². The summed E-state index contributed by atoms with van der Waals surface area (Å²) in [4.78, 5) is 12.2. The average Bonchev–Trinajstić information content (AvgIpc) is 2.98. The lowest BCUT2D eigenvalue weighted by atomic mass is 10.2. The van der Waals surface area contributed by atoms with Crippen molar-refractivity contribution in [2.75, 3.05) is 5.32 Å². The first kappa shape index (κ1) is 15.8. The van der Waals surface area contributed by atoms with Crippen LogP contribution in [0, 0.1) is 0 Å². The maximum absolute atomic E-state index is 12.2. The zero-order valence-electron chi connectivity index (χ0n) is 11.4. The maximum atomic E-state index is 12.2. The maximum Gasteiger partial charge on any atom is 0.322 e. The number of halogens is 3. The fraction of sp³-hybridized carbons (Fsp3) is 0. The second-order valence-corrected chi connectivity index (χ2v) is 5.78. The van der Waals surface area contributed by atoms with E-state index in [0.717, 1.165) is 0 Å². The minimum Gasteiger partial charge on any atom is -0.403 e. The van der Waals surface area contributed by atoms with Gasteiger partial charge in [0.05, 0.1) is 10.6 Å². The number of nitrogens with zero attached hydrogens (tertiary/aromatic N) is 2. The number of carbonyl (C=O) groups excluding carboxylic acids is 1. The molecule has 0 atom stereocenters. The second-order valence-electron chi connectivity index (χ2n) is 4.50. The van der Waals surface area contributed by atoms with Crippen LogP contribution in [0.25, 0.3) is 11.5 Å². The van der Waals surface area contributed by atoms with Crippen LogP contribution in [-0.2, 0) is 0 Å². The minimum absolute atomic E-state index is 0.0546. The van der Waals surface area contributed by atoms with E-state index < -0.39 is 5.91 Å². The normalized spacial score (nSPS) is 10.6. The molecule has 116 valence electrons. The van der Waals surface area contributed by atoms with Gasteiger partial charge in [0.15, 0.2) is 0 Å². The van der Waals surface area contributed by atoms with E-state index in [1.54, 1.807) is 30.3 Å². The molecule has 5 nitrogen and oxygen atoms in total. The number of hydrogen-bond acceptors (Lipinski definition) is 4. The number of hydrogen-bond donors (Lipinski definition) is 1. The van der Waals surface area contributed by atoms with E-state index in [1.807, 2.05) is 0 Å². The van der Waals surface area contributed by atoms with Crippen molar-refractivity contribution in [1.82, 2.24) is 10.2 Å². The summed E-state index contributed by atoms with van der Waals surface area (Å²) < 4.78 is 5.40. The molecule has 0 unspecified atom stereocenters. The highest BCUT2D eigenvalue weighted by atomic mass is 35.5. The van der Waals surface area contributed by atoms with E-state index in [4.69, 9.17) is 39.2 Å². The molecule has 8 heteroatoms. The van der Waals surface area contributed by atoms with Gasteiger partial charge in [-0.25, -0.2) is 0 Å². The molecule has 1 amide bonds. The monoisotopic (exact) mass is 367 g/mol. The summed E-state index contributed by atoms with van der Waals surface area (Å²) in [5.41, 5.74) is 0.855. The molecule has 0 bridgehead atoms. The molecule has 1 N–H and O–H groups in total. The van der Waals surface area contributed by atoms with Crippen molar-refractivity contribution in [2.45, 2.75) is 0 Å². The Bertz CT molecular complexity index is 880. The molecular formula is C15H8Cl3N3O2. The van der Waals surface area contributed by atoms with Gasteiger partial charge >= 0.3 is 6.01 Å². The molecule has 1 aromatic heterocycles. The Morgan fingerprint density at radius 1 is 1.00 bits per heavy atom. The molecular weight excluding hydrogens is 361 g/mol. The number of amides is 1. The van der Waals surface area contributed by atoms with E-state index >= 15 is 0 Å². The van der Waals surface area contributed by atoms with Crippen molar-refractivity contribution < 1.29 is 9.21 Å². The molecule has 2 aromatic carbocycles. The van der Waals surface area contributed by atoms with Crippen LogP contribution >= 0.6 is 34.8 Å². The number of anilines is 1. The number of nitrogens with one attached hydrogen (secondary N) is 1. The van der Waals surface area contributed by atoms with Crippen LogP contribution in [0.4, 0.5) is 6.01 Å². The third-order valence-electron chi connectivity index (χ3n) is 2.89. The number of rotatable bonds is 3. The van der Waals surface area contributed by atoms with Crippen LogP contribution in [-0.4, -0.2) is 16.1 Å². The minimum atomic E-state index is -0.501. The lowest BCUT2D eigenvalue weighted by molar-refractivity contribution is 0.102. The van der Waals surface area contributed by atoms with E-state index in [2.05, 4.69) is 15.5 Å². The lowest BCUT2D eigenvalue weighted by Crippen LogP contribution is -2.12. The van der Waals surface area contributed by atoms with Crippen molar-refractivity contribution >= 4 is 46.7 Å². The Balaban J connectivity index is 1.81. The summed E-state index contributed by atoms with van der Waals surface area (Å²) in [5.74, 6) is -0.265. The summed E-state index contributed by atoms with van der Waals surface area (Å²) in [6.45, 7) is 0. The van der Waals surface area contributed by atoms with Gasteiger partial charge in [-0.05, 0) is 36.4 Å². The third kappa shape index (κ3) is 3.64. The lowest BCUT2D eigenvalue weighted by Gasteiger charge is -2.03. The van der Waals surface area contributed by atoms with Gasteiger partial charge in [-0.3, -0.25) is 10.1 Å². The Morgan fingerprint density at radius 3 is 2.57 bits per heavy atom. The topological polar surface area (TPSA) is 68.0 Å². The summed E-state index contributed by atoms with van der Waals surface area (Å²) >= 11 is 17.7. The smallest absolute Gasteiger partial charge is 0.322 e. The van der Waals surface area contributed by atoms with Gasteiger partial charge in [0, 0.05) is 15.6 Å². The van der Waals surface area contributed by atoms with Gasteiger partial charge in [-0.15, -0.1) is 5.10 Å². The van der Waals surface area contributed by atoms with Gasteiger partial charge in [0.2, 0.25) is 5.89 Å². The van der Waals surface area contributed by atoms with E-state index in [9.17, 15) is 4.79 Å². The Morgan fingerprint density at radius 2 is 1.78 bits per heavy atom. The Kier molecular flexibility index (Phi) is 4.52. The first-order chi connectivity index (χ1) is 11.0. The molecule has 23 heavy (non-hydrogen) atoms. The molecule has 1 heterocycles. The number of benzene rings is 2. The van der Waals surface area contributed by atoms with Crippen LogP contribution in [0.2, 0.25) is 15.1 Å². The van der Waals surface area contributed by atoms with Crippen LogP contribution in [0.15, 0.2) is 46.9 Å². The van der Waals surface area contributed by atoms with Crippen LogP contribution < -0.4 is 5.32 Å². The van der Waals surface area contributed by atoms with Crippen molar-refractivity contribution in [2.24, 2.45) is 0 Å². The van der Waals surface area contributed by atoms with Crippen molar-refractivity contribution in [3.63, 3.8) is 0 Å². The molecule has 0 saturated carbocycles. The predicted octanol–water partition coefficient (Wildman–Crippen LogP) is 4.95. The van der Waals surface area contributed by atoms with Gasteiger partial charge in [0.25, 0.3) is 5.91 Å².